The minimum atomic E-state index is -0.211. The standard InChI is InChI=1S/C16H24ClN3O3/c1-11(10-20-3-5-23-6-4-20)9-19-16(21)12-7-13(17)14(18)8-15(12)22-2/h7-8,11H,3-6,9-10,18H2,1-2H3,(H,19,21). The number of ether oxygens (including phenoxy) is 2. The molecule has 1 aliphatic heterocycles. The molecule has 0 spiro atoms. The quantitative estimate of drug-likeness (QED) is 0.769. The first-order valence-corrected chi connectivity index (χ1v) is 8.10. The largest absolute Gasteiger partial charge is 0.496 e. The van der Waals surface area contributed by atoms with Gasteiger partial charge in [0.2, 0.25) is 0 Å². The number of morpholine rings is 1. The molecule has 3 N–H and O–H groups in total. The minimum Gasteiger partial charge on any atom is -0.496 e. The van der Waals surface area contributed by atoms with Crippen LogP contribution in [-0.4, -0.2) is 57.3 Å². The molecule has 0 aromatic heterocycles. The van der Waals surface area contributed by atoms with Crippen molar-refractivity contribution in [2.45, 2.75) is 6.92 Å². The third-order valence-electron chi connectivity index (χ3n) is 3.85. The van der Waals surface area contributed by atoms with Gasteiger partial charge in [-0.05, 0) is 12.0 Å². The summed E-state index contributed by atoms with van der Waals surface area (Å²) in [5, 5.41) is 3.28. The van der Waals surface area contributed by atoms with Crippen LogP contribution in [0.5, 0.6) is 5.75 Å². The Kier molecular flexibility index (Phi) is 6.50. The van der Waals surface area contributed by atoms with E-state index < -0.39 is 0 Å². The number of nitrogens with zero attached hydrogens (tertiary/aromatic N) is 1. The van der Waals surface area contributed by atoms with E-state index in [0.29, 0.717) is 34.5 Å². The van der Waals surface area contributed by atoms with Crippen LogP contribution in [0, 0.1) is 5.92 Å². The number of anilines is 1. The van der Waals surface area contributed by atoms with Crippen molar-refractivity contribution in [3.8, 4) is 5.75 Å². The second kappa shape index (κ2) is 8.38. The van der Waals surface area contributed by atoms with Crippen LogP contribution in [0.15, 0.2) is 12.1 Å². The Balaban J connectivity index is 1.90. The molecule has 1 fully saturated rings. The van der Waals surface area contributed by atoms with Gasteiger partial charge in [-0.3, -0.25) is 9.69 Å². The number of carbonyl (C=O) groups excluding carboxylic acids is 1. The topological polar surface area (TPSA) is 76.8 Å². The van der Waals surface area contributed by atoms with Crippen molar-refractivity contribution in [1.29, 1.82) is 0 Å². The first-order valence-electron chi connectivity index (χ1n) is 7.72. The molecule has 1 aromatic carbocycles. The second-order valence-electron chi connectivity index (χ2n) is 5.80. The van der Waals surface area contributed by atoms with Crippen molar-refractivity contribution >= 4 is 23.2 Å². The lowest BCUT2D eigenvalue weighted by Gasteiger charge is -2.29. The highest BCUT2D eigenvalue weighted by atomic mass is 35.5. The van der Waals surface area contributed by atoms with Crippen molar-refractivity contribution in [3.63, 3.8) is 0 Å². The van der Waals surface area contributed by atoms with Gasteiger partial charge >= 0.3 is 0 Å². The number of nitrogen functional groups attached to an aromatic ring is 1. The Morgan fingerprint density at radius 1 is 1.48 bits per heavy atom. The summed E-state index contributed by atoms with van der Waals surface area (Å²) in [6, 6.07) is 3.10. The van der Waals surface area contributed by atoms with Gasteiger partial charge in [0, 0.05) is 32.2 Å². The second-order valence-corrected chi connectivity index (χ2v) is 6.21. The van der Waals surface area contributed by atoms with Gasteiger partial charge in [0.05, 0.1) is 36.6 Å². The predicted octanol–water partition coefficient (Wildman–Crippen LogP) is 1.63. The summed E-state index contributed by atoms with van der Waals surface area (Å²) < 4.78 is 10.5. The molecule has 23 heavy (non-hydrogen) atoms. The van der Waals surface area contributed by atoms with Crippen molar-refractivity contribution < 1.29 is 14.3 Å². The average molecular weight is 342 g/mol. The lowest BCUT2D eigenvalue weighted by atomic mass is 10.1. The number of hydrogen-bond acceptors (Lipinski definition) is 5. The molecule has 6 nitrogen and oxygen atoms in total. The Bertz CT molecular complexity index is 548. The zero-order valence-electron chi connectivity index (χ0n) is 13.6. The summed E-state index contributed by atoms with van der Waals surface area (Å²) in [6.07, 6.45) is 0. The summed E-state index contributed by atoms with van der Waals surface area (Å²) in [5.41, 5.74) is 6.52. The molecule has 1 heterocycles. The van der Waals surface area contributed by atoms with E-state index in [2.05, 4.69) is 17.1 Å². The van der Waals surface area contributed by atoms with E-state index in [1.54, 1.807) is 6.07 Å². The zero-order chi connectivity index (χ0) is 16.8. The maximum atomic E-state index is 12.4. The summed E-state index contributed by atoms with van der Waals surface area (Å²) in [4.78, 5) is 14.7. The Hall–Kier alpha value is -1.50. The molecule has 1 amide bonds. The highest BCUT2D eigenvalue weighted by Crippen LogP contribution is 2.28. The number of methoxy groups -OCH3 is 1. The molecular weight excluding hydrogens is 318 g/mol. The smallest absolute Gasteiger partial charge is 0.255 e. The molecule has 1 unspecified atom stereocenters. The number of amides is 1. The van der Waals surface area contributed by atoms with Crippen LogP contribution in [0.4, 0.5) is 5.69 Å². The van der Waals surface area contributed by atoms with Gasteiger partial charge in [-0.2, -0.15) is 0 Å². The van der Waals surface area contributed by atoms with E-state index in [9.17, 15) is 4.79 Å². The number of carbonyl (C=O) groups is 1. The van der Waals surface area contributed by atoms with Gasteiger partial charge in [-0.15, -0.1) is 0 Å². The summed E-state index contributed by atoms with van der Waals surface area (Å²) >= 11 is 6.00. The number of rotatable bonds is 6. The molecule has 0 radical (unpaired) electrons. The molecule has 0 aliphatic carbocycles. The van der Waals surface area contributed by atoms with Crippen LogP contribution in [0.1, 0.15) is 17.3 Å². The van der Waals surface area contributed by atoms with Gasteiger partial charge < -0.3 is 20.5 Å². The number of nitrogens with one attached hydrogen (secondary N) is 1. The molecule has 1 aliphatic rings. The van der Waals surface area contributed by atoms with E-state index in [1.165, 1.54) is 13.2 Å². The van der Waals surface area contributed by atoms with Crippen LogP contribution in [0.25, 0.3) is 0 Å². The van der Waals surface area contributed by atoms with Gasteiger partial charge in [0.25, 0.3) is 5.91 Å². The number of benzene rings is 1. The molecule has 1 saturated heterocycles. The zero-order valence-corrected chi connectivity index (χ0v) is 14.4. The maximum absolute atomic E-state index is 12.4. The van der Waals surface area contributed by atoms with Crippen LogP contribution >= 0.6 is 11.6 Å². The van der Waals surface area contributed by atoms with E-state index in [1.807, 2.05) is 0 Å². The highest BCUT2D eigenvalue weighted by molar-refractivity contribution is 6.33. The molecule has 2 rings (SSSR count). The van der Waals surface area contributed by atoms with Gasteiger partial charge in [-0.1, -0.05) is 18.5 Å². The Labute approximate surface area is 141 Å². The fraction of sp³-hybridized carbons (Fsp3) is 0.562. The molecule has 1 aromatic rings. The van der Waals surface area contributed by atoms with Crippen LogP contribution in [-0.2, 0) is 4.74 Å². The molecule has 1 atom stereocenters. The van der Waals surface area contributed by atoms with Crippen molar-refractivity contribution in [2.75, 3.05) is 52.2 Å². The predicted molar refractivity (Wildman–Crippen MR) is 91.2 cm³/mol. The van der Waals surface area contributed by atoms with Gasteiger partial charge in [-0.25, -0.2) is 0 Å². The van der Waals surface area contributed by atoms with E-state index in [0.717, 1.165) is 32.8 Å². The lowest BCUT2D eigenvalue weighted by molar-refractivity contribution is 0.0317. The lowest BCUT2D eigenvalue weighted by Crippen LogP contribution is -2.41. The number of halogens is 1. The van der Waals surface area contributed by atoms with Crippen molar-refractivity contribution in [1.82, 2.24) is 10.2 Å². The monoisotopic (exact) mass is 341 g/mol. The average Bonchev–Trinajstić information content (AvgIpc) is 2.55. The highest BCUT2D eigenvalue weighted by Gasteiger charge is 2.17. The SMILES string of the molecule is COc1cc(N)c(Cl)cc1C(=O)NCC(C)CN1CCOCC1. The molecule has 0 saturated carbocycles. The number of nitrogens with two attached hydrogens (primary N) is 1. The number of hydrogen-bond donors (Lipinski definition) is 2. The van der Waals surface area contributed by atoms with Crippen LogP contribution in [0.3, 0.4) is 0 Å². The first kappa shape index (κ1) is 17.8. The van der Waals surface area contributed by atoms with E-state index >= 15 is 0 Å². The third kappa shape index (κ3) is 4.99. The summed E-state index contributed by atoms with van der Waals surface area (Å²) in [5.74, 6) is 0.551. The van der Waals surface area contributed by atoms with Gasteiger partial charge in [0.15, 0.2) is 0 Å². The van der Waals surface area contributed by atoms with E-state index in [-0.39, 0.29) is 5.91 Å². The third-order valence-corrected chi connectivity index (χ3v) is 4.18. The minimum absolute atomic E-state index is 0.211. The summed E-state index contributed by atoms with van der Waals surface area (Å²) in [7, 11) is 1.50. The molecular formula is C16H24ClN3O3. The Morgan fingerprint density at radius 2 is 2.17 bits per heavy atom. The van der Waals surface area contributed by atoms with Gasteiger partial charge in [0.1, 0.15) is 5.75 Å². The van der Waals surface area contributed by atoms with E-state index in [4.69, 9.17) is 26.8 Å². The summed E-state index contributed by atoms with van der Waals surface area (Å²) in [6.45, 7) is 7.08. The fourth-order valence-corrected chi connectivity index (χ4v) is 2.73. The van der Waals surface area contributed by atoms with Crippen molar-refractivity contribution in [3.05, 3.63) is 22.7 Å². The first-order chi connectivity index (χ1) is 11.0. The molecule has 128 valence electrons. The maximum Gasteiger partial charge on any atom is 0.255 e. The van der Waals surface area contributed by atoms with Crippen LogP contribution < -0.4 is 15.8 Å². The Morgan fingerprint density at radius 3 is 2.83 bits per heavy atom. The van der Waals surface area contributed by atoms with Crippen molar-refractivity contribution in [2.24, 2.45) is 5.92 Å². The normalized spacial score (nSPS) is 16.8. The van der Waals surface area contributed by atoms with Crippen LogP contribution in [0.2, 0.25) is 5.02 Å². The molecule has 0 bridgehead atoms. The molecule has 7 heteroatoms. The fourth-order valence-electron chi connectivity index (χ4n) is 2.57.